The zero-order valence-corrected chi connectivity index (χ0v) is 19.9. The monoisotopic (exact) mass is 458 g/mol. The Morgan fingerprint density at radius 3 is 1.97 bits per heavy atom. The van der Waals surface area contributed by atoms with E-state index in [1.54, 1.807) is 24.3 Å². The van der Waals surface area contributed by atoms with Crippen molar-refractivity contribution in [3.8, 4) is 11.5 Å². The van der Waals surface area contributed by atoms with Crippen molar-refractivity contribution in [1.82, 2.24) is 5.32 Å². The lowest BCUT2D eigenvalue weighted by atomic mass is 9.89. The molecule has 2 aromatic carbocycles. The highest BCUT2D eigenvalue weighted by Crippen LogP contribution is 2.56. The van der Waals surface area contributed by atoms with E-state index in [9.17, 15) is 9.36 Å². The number of rotatable bonds is 10. The average molecular weight is 459 g/mol. The van der Waals surface area contributed by atoms with E-state index in [2.05, 4.69) is 5.32 Å². The molecule has 1 aliphatic rings. The van der Waals surface area contributed by atoms with Crippen LogP contribution < -0.4 is 20.1 Å². The highest BCUT2D eigenvalue weighted by molar-refractivity contribution is 7.55. The van der Waals surface area contributed by atoms with Crippen molar-refractivity contribution in [2.75, 3.05) is 0 Å². The fourth-order valence-corrected chi connectivity index (χ4v) is 6.24. The van der Waals surface area contributed by atoms with Crippen LogP contribution >= 0.6 is 7.60 Å². The van der Waals surface area contributed by atoms with Crippen LogP contribution in [0.15, 0.2) is 60.7 Å². The van der Waals surface area contributed by atoms with Crippen LogP contribution in [0.2, 0.25) is 0 Å². The summed E-state index contributed by atoms with van der Waals surface area (Å²) in [5.41, 5.74) is 6.21. The average Bonchev–Trinajstić information content (AvgIpc) is 2.83. The fourth-order valence-electron chi connectivity index (χ4n) is 4.05. The van der Waals surface area contributed by atoms with Crippen LogP contribution in [0.4, 0.5) is 0 Å². The highest BCUT2D eigenvalue weighted by atomic mass is 31.2. The molecule has 1 unspecified atom stereocenters. The first-order valence-corrected chi connectivity index (χ1v) is 13.2. The number of amides is 1. The van der Waals surface area contributed by atoms with Gasteiger partial charge in [-0.3, -0.25) is 4.79 Å². The summed E-state index contributed by atoms with van der Waals surface area (Å²) in [5, 5.41) is 3.01. The Labute approximate surface area is 191 Å². The van der Waals surface area contributed by atoms with E-state index in [1.807, 2.05) is 50.2 Å². The molecule has 1 saturated carbocycles. The molecule has 0 aromatic heterocycles. The molecule has 174 valence electrons. The Balaban J connectivity index is 1.96. The van der Waals surface area contributed by atoms with Gasteiger partial charge in [-0.2, -0.15) is 0 Å². The molecule has 0 bridgehead atoms. The van der Waals surface area contributed by atoms with Crippen LogP contribution in [-0.2, 0) is 9.36 Å². The number of hydrogen-bond donors (Lipinski definition) is 2. The third-order valence-electron chi connectivity index (χ3n) is 6.24. The van der Waals surface area contributed by atoms with Crippen LogP contribution in [0, 0.1) is 11.8 Å². The summed E-state index contributed by atoms with van der Waals surface area (Å²) in [6.45, 7) is 3.94. The van der Waals surface area contributed by atoms with Crippen molar-refractivity contribution < 1.29 is 18.4 Å². The van der Waals surface area contributed by atoms with Gasteiger partial charge in [0.1, 0.15) is 11.5 Å². The first-order valence-electron chi connectivity index (χ1n) is 11.6. The van der Waals surface area contributed by atoms with Gasteiger partial charge >= 0.3 is 7.60 Å². The van der Waals surface area contributed by atoms with E-state index in [0.717, 1.165) is 38.5 Å². The number of carbonyl (C=O) groups excluding carboxylic acids is 1. The minimum atomic E-state index is -3.86. The van der Waals surface area contributed by atoms with E-state index in [-0.39, 0.29) is 17.7 Å². The lowest BCUT2D eigenvalue weighted by Crippen LogP contribution is -2.51. The third kappa shape index (κ3) is 6.36. The number of nitrogens with one attached hydrogen (secondary N) is 1. The summed E-state index contributed by atoms with van der Waals surface area (Å²) in [5.74, 6) is -0.239. The zero-order chi connectivity index (χ0) is 23.0. The molecule has 3 atom stereocenters. The summed E-state index contributed by atoms with van der Waals surface area (Å²) >= 11 is 0. The summed E-state index contributed by atoms with van der Waals surface area (Å²) in [6.07, 6.45) is 5.65. The van der Waals surface area contributed by atoms with E-state index in [1.165, 1.54) is 0 Å². The van der Waals surface area contributed by atoms with E-state index >= 15 is 0 Å². The molecule has 1 amide bonds. The van der Waals surface area contributed by atoms with Gasteiger partial charge in [-0.15, -0.1) is 0 Å². The van der Waals surface area contributed by atoms with E-state index in [0.29, 0.717) is 11.5 Å². The minimum absolute atomic E-state index is 0.00600. The number of hydrogen-bond acceptors (Lipinski definition) is 5. The minimum Gasteiger partial charge on any atom is -0.415 e. The van der Waals surface area contributed by atoms with Gasteiger partial charge in [-0.1, -0.05) is 75.9 Å². The van der Waals surface area contributed by atoms with Crippen LogP contribution in [0.1, 0.15) is 52.4 Å². The second kappa shape index (κ2) is 11.5. The van der Waals surface area contributed by atoms with E-state index in [4.69, 9.17) is 14.8 Å². The smallest absolute Gasteiger partial charge is 0.415 e. The lowest BCUT2D eigenvalue weighted by Gasteiger charge is -2.36. The van der Waals surface area contributed by atoms with Gasteiger partial charge in [0.25, 0.3) is 0 Å². The second-order valence-corrected chi connectivity index (χ2v) is 10.6. The van der Waals surface area contributed by atoms with Crippen molar-refractivity contribution in [3.05, 3.63) is 60.7 Å². The molecule has 1 fully saturated rings. The molecule has 6 nitrogen and oxygen atoms in total. The summed E-state index contributed by atoms with van der Waals surface area (Å²) in [7, 11) is -3.86. The standard InChI is InChI=1S/C25H35N2O4P/c1-3-19(2)23(26)24(28)27-25(20-13-7-4-8-14-20)32(29,30-21-15-9-5-10-16-21)31-22-17-11-6-12-18-22/h5-6,9-12,15-20,23,25H,3-4,7-8,13-14,26H2,1-2H3,(H,27,28)/t19-,23-,25?/m0/s1. The molecule has 0 aliphatic heterocycles. The van der Waals surface area contributed by atoms with Gasteiger partial charge < -0.3 is 20.1 Å². The lowest BCUT2D eigenvalue weighted by molar-refractivity contribution is -0.124. The molecule has 3 N–H and O–H groups in total. The fraction of sp³-hybridized carbons (Fsp3) is 0.480. The van der Waals surface area contributed by atoms with Crippen molar-refractivity contribution in [1.29, 1.82) is 0 Å². The van der Waals surface area contributed by atoms with Crippen molar-refractivity contribution in [2.45, 2.75) is 64.2 Å². The Morgan fingerprint density at radius 2 is 1.50 bits per heavy atom. The van der Waals surface area contributed by atoms with Gasteiger partial charge in [0.2, 0.25) is 5.91 Å². The SMILES string of the molecule is CC[C@H](C)[C@H](N)C(=O)NC(C1CCCCC1)P(=O)(Oc1ccccc1)Oc1ccccc1. The maximum atomic E-state index is 14.4. The molecule has 7 heteroatoms. The predicted octanol–water partition coefficient (Wildman–Crippen LogP) is 5.73. The molecule has 2 aromatic rings. The number of nitrogens with two attached hydrogens (primary N) is 1. The molecule has 32 heavy (non-hydrogen) atoms. The van der Waals surface area contributed by atoms with Crippen molar-refractivity contribution >= 4 is 13.5 Å². The Hall–Kier alpha value is -2.30. The first kappa shape index (κ1) is 24.3. The Bertz CT molecular complexity index is 842. The van der Waals surface area contributed by atoms with Gasteiger partial charge in [0.05, 0.1) is 6.04 Å². The number of benzene rings is 2. The molecule has 3 rings (SSSR count). The summed E-state index contributed by atoms with van der Waals surface area (Å²) in [4.78, 5) is 13.1. The highest BCUT2D eigenvalue weighted by Gasteiger charge is 2.46. The summed E-state index contributed by atoms with van der Waals surface area (Å²) < 4.78 is 26.6. The van der Waals surface area contributed by atoms with Crippen LogP contribution in [0.25, 0.3) is 0 Å². The third-order valence-corrected chi connectivity index (χ3v) is 8.40. The van der Waals surface area contributed by atoms with Crippen LogP contribution in [0.3, 0.4) is 0 Å². The topological polar surface area (TPSA) is 90.7 Å². The molecule has 0 spiro atoms. The van der Waals surface area contributed by atoms with Gasteiger partial charge in [0, 0.05) is 0 Å². The Morgan fingerprint density at radius 1 is 1.00 bits per heavy atom. The Kier molecular flexibility index (Phi) is 8.77. The van der Waals surface area contributed by atoms with Gasteiger partial charge in [0.15, 0.2) is 5.78 Å². The van der Waals surface area contributed by atoms with Crippen LogP contribution in [-0.4, -0.2) is 17.7 Å². The zero-order valence-electron chi connectivity index (χ0n) is 19.0. The molecule has 0 heterocycles. The largest absolute Gasteiger partial charge is 0.453 e. The maximum absolute atomic E-state index is 14.4. The van der Waals surface area contributed by atoms with Gasteiger partial charge in [-0.25, -0.2) is 4.57 Å². The first-order chi connectivity index (χ1) is 15.4. The summed E-state index contributed by atoms with van der Waals surface area (Å²) in [6, 6.07) is 17.3. The normalized spacial score (nSPS) is 17.7. The van der Waals surface area contributed by atoms with Gasteiger partial charge in [-0.05, 0) is 48.9 Å². The van der Waals surface area contributed by atoms with Crippen LogP contribution in [0.5, 0.6) is 11.5 Å². The second-order valence-electron chi connectivity index (χ2n) is 8.61. The van der Waals surface area contributed by atoms with Crippen molar-refractivity contribution in [2.24, 2.45) is 17.6 Å². The quantitative estimate of drug-likeness (QED) is 0.444. The number of para-hydroxylation sites is 2. The molecule has 1 aliphatic carbocycles. The molecule has 0 radical (unpaired) electrons. The molecular formula is C25H35N2O4P. The van der Waals surface area contributed by atoms with Crippen molar-refractivity contribution in [3.63, 3.8) is 0 Å². The number of carbonyl (C=O) groups is 1. The predicted molar refractivity (Wildman–Crippen MR) is 128 cm³/mol. The maximum Gasteiger partial charge on any atom is 0.453 e. The van der Waals surface area contributed by atoms with E-state index < -0.39 is 19.4 Å². The molecular weight excluding hydrogens is 423 g/mol. The molecule has 0 saturated heterocycles.